The van der Waals surface area contributed by atoms with Gasteiger partial charge in [0.25, 0.3) is 0 Å². The van der Waals surface area contributed by atoms with E-state index in [1.165, 1.54) is 0 Å². The lowest BCUT2D eigenvalue weighted by molar-refractivity contribution is -0.0537. The number of nitrogens with one attached hydrogen (secondary N) is 2. The van der Waals surface area contributed by atoms with Crippen molar-refractivity contribution in [3.05, 3.63) is 0 Å². The average molecular weight is 250 g/mol. The maximum atomic E-state index is 12.9. The second-order valence-corrected chi connectivity index (χ2v) is 5.51. The van der Waals surface area contributed by atoms with Gasteiger partial charge in [-0.2, -0.15) is 0 Å². The van der Waals surface area contributed by atoms with Crippen LogP contribution in [0, 0.1) is 0 Å². The zero-order valence-corrected chi connectivity index (χ0v) is 10.5. The quantitative estimate of drug-likeness (QED) is 0.741. The molecule has 0 aliphatic heterocycles. The molecule has 0 atom stereocenters. The Hall–Kier alpha value is -0.910. The normalized spacial score (nSPS) is 21.0. The number of hydrogen-bond acceptors (Lipinski definition) is 3. The van der Waals surface area contributed by atoms with Crippen LogP contribution in [0.2, 0.25) is 0 Å². The molecule has 4 nitrogen and oxygen atoms in total. The highest BCUT2D eigenvalue weighted by atomic mass is 19.3. The van der Waals surface area contributed by atoms with Crippen molar-refractivity contribution in [1.29, 1.82) is 0 Å². The van der Waals surface area contributed by atoms with Gasteiger partial charge in [0.2, 0.25) is 5.92 Å². The number of halogens is 2. The standard InChI is InChI=1S/C11H20F2N2O2/c1-10(2,3)14-9(16)17-15-8-4-6-11(12,13)7-5-8/h8,15H,4-7H2,1-3H3,(H,14,16). The minimum absolute atomic E-state index is 0.158. The van der Waals surface area contributed by atoms with Crippen LogP contribution in [-0.2, 0) is 4.84 Å². The van der Waals surface area contributed by atoms with E-state index < -0.39 is 12.0 Å². The molecular weight excluding hydrogens is 230 g/mol. The van der Waals surface area contributed by atoms with Crippen molar-refractivity contribution < 1.29 is 18.4 Å². The second-order valence-electron chi connectivity index (χ2n) is 5.51. The largest absolute Gasteiger partial charge is 0.426 e. The van der Waals surface area contributed by atoms with Crippen LogP contribution < -0.4 is 10.8 Å². The Morgan fingerprint density at radius 3 is 2.29 bits per heavy atom. The predicted molar refractivity (Wildman–Crippen MR) is 59.7 cm³/mol. The predicted octanol–water partition coefficient (Wildman–Crippen LogP) is 2.59. The lowest BCUT2D eigenvalue weighted by Gasteiger charge is -2.28. The molecule has 0 spiro atoms. The van der Waals surface area contributed by atoms with E-state index in [9.17, 15) is 13.6 Å². The maximum absolute atomic E-state index is 12.9. The summed E-state index contributed by atoms with van der Waals surface area (Å²) in [5.41, 5.74) is 2.16. The molecule has 0 saturated heterocycles. The molecule has 0 heterocycles. The molecule has 1 saturated carbocycles. The van der Waals surface area contributed by atoms with Crippen molar-refractivity contribution >= 4 is 6.09 Å². The van der Waals surface area contributed by atoms with Crippen molar-refractivity contribution in [2.45, 2.75) is 64.0 Å². The highest BCUT2D eigenvalue weighted by molar-refractivity contribution is 5.67. The monoisotopic (exact) mass is 250 g/mol. The van der Waals surface area contributed by atoms with E-state index in [0.29, 0.717) is 12.8 Å². The topological polar surface area (TPSA) is 50.4 Å². The Labute approximate surface area is 100 Å². The van der Waals surface area contributed by atoms with Crippen LogP contribution in [0.5, 0.6) is 0 Å². The number of hydrogen-bond donors (Lipinski definition) is 2. The van der Waals surface area contributed by atoms with Gasteiger partial charge < -0.3 is 10.2 Å². The van der Waals surface area contributed by atoms with Crippen molar-refractivity contribution in [2.75, 3.05) is 0 Å². The van der Waals surface area contributed by atoms with Crippen LogP contribution in [-0.4, -0.2) is 23.6 Å². The highest BCUT2D eigenvalue weighted by Crippen LogP contribution is 2.32. The first-order chi connectivity index (χ1) is 7.68. The number of carbonyl (C=O) groups excluding carboxylic acids is 1. The molecule has 0 radical (unpaired) electrons. The number of rotatable bonds is 2. The molecule has 6 heteroatoms. The van der Waals surface area contributed by atoms with Gasteiger partial charge in [0.1, 0.15) is 0 Å². The fourth-order valence-corrected chi connectivity index (χ4v) is 1.63. The molecule has 1 amide bonds. The van der Waals surface area contributed by atoms with Crippen LogP contribution in [0.1, 0.15) is 46.5 Å². The Morgan fingerprint density at radius 1 is 1.29 bits per heavy atom. The number of carbonyl (C=O) groups is 1. The molecule has 1 rings (SSSR count). The molecule has 100 valence electrons. The third kappa shape index (κ3) is 5.81. The first-order valence-corrected chi connectivity index (χ1v) is 5.80. The summed E-state index contributed by atoms with van der Waals surface area (Å²) in [5.74, 6) is -2.56. The Kier molecular flexibility index (Phi) is 4.30. The average Bonchev–Trinajstić information content (AvgIpc) is 2.13. The van der Waals surface area contributed by atoms with Crippen molar-refractivity contribution in [1.82, 2.24) is 10.8 Å². The van der Waals surface area contributed by atoms with Crippen molar-refractivity contribution in [3.8, 4) is 0 Å². The Balaban J connectivity index is 2.22. The van der Waals surface area contributed by atoms with E-state index in [1.807, 2.05) is 20.8 Å². The van der Waals surface area contributed by atoms with Crippen LogP contribution >= 0.6 is 0 Å². The molecule has 0 unspecified atom stereocenters. The van der Waals surface area contributed by atoms with Crippen LogP contribution in [0.3, 0.4) is 0 Å². The first kappa shape index (κ1) is 14.2. The van der Waals surface area contributed by atoms with Gasteiger partial charge in [-0.25, -0.2) is 13.6 Å². The van der Waals surface area contributed by atoms with Crippen molar-refractivity contribution in [2.24, 2.45) is 0 Å². The fourth-order valence-electron chi connectivity index (χ4n) is 1.63. The Morgan fingerprint density at radius 2 is 1.82 bits per heavy atom. The van der Waals surface area contributed by atoms with Gasteiger partial charge in [-0.15, -0.1) is 5.48 Å². The summed E-state index contributed by atoms with van der Waals surface area (Å²) in [4.78, 5) is 16.1. The highest BCUT2D eigenvalue weighted by Gasteiger charge is 2.35. The van der Waals surface area contributed by atoms with E-state index >= 15 is 0 Å². The summed E-state index contributed by atoms with van der Waals surface area (Å²) in [7, 11) is 0. The lowest BCUT2D eigenvalue weighted by atomic mass is 9.93. The van der Waals surface area contributed by atoms with Gasteiger partial charge in [0, 0.05) is 24.4 Å². The molecule has 0 aromatic heterocycles. The molecule has 2 N–H and O–H groups in total. The minimum Gasteiger partial charge on any atom is -0.354 e. The van der Waals surface area contributed by atoms with Crippen molar-refractivity contribution in [3.63, 3.8) is 0 Å². The van der Waals surface area contributed by atoms with Gasteiger partial charge in [0.05, 0.1) is 0 Å². The second kappa shape index (κ2) is 5.16. The third-order valence-electron chi connectivity index (χ3n) is 2.51. The van der Waals surface area contributed by atoms with E-state index in [-0.39, 0.29) is 24.4 Å². The minimum atomic E-state index is -2.56. The number of alkyl halides is 2. The molecule has 1 aliphatic rings. The van der Waals surface area contributed by atoms with E-state index in [1.54, 1.807) is 0 Å². The molecular formula is C11H20F2N2O2. The lowest BCUT2D eigenvalue weighted by Crippen LogP contribution is -2.45. The smallest absolute Gasteiger partial charge is 0.354 e. The molecule has 0 aromatic rings. The van der Waals surface area contributed by atoms with Gasteiger partial charge in [0.15, 0.2) is 0 Å². The molecule has 0 aromatic carbocycles. The molecule has 1 aliphatic carbocycles. The van der Waals surface area contributed by atoms with Gasteiger partial charge >= 0.3 is 6.09 Å². The molecule has 17 heavy (non-hydrogen) atoms. The molecule has 0 bridgehead atoms. The number of hydroxylamine groups is 1. The summed E-state index contributed by atoms with van der Waals surface area (Å²) in [5, 5.41) is 2.60. The summed E-state index contributed by atoms with van der Waals surface area (Å²) in [6.07, 6.45) is -0.273. The maximum Gasteiger partial charge on any atom is 0.426 e. The third-order valence-corrected chi connectivity index (χ3v) is 2.51. The zero-order chi connectivity index (χ0) is 13.1. The van der Waals surface area contributed by atoms with Crippen LogP contribution in [0.25, 0.3) is 0 Å². The fraction of sp³-hybridized carbons (Fsp3) is 0.909. The zero-order valence-electron chi connectivity index (χ0n) is 10.5. The Bertz CT molecular complexity index is 267. The first-order valence-electron chi connectivity index (χ1n) is 5.80. The van der Waals surface area contributed by atoms with Crippen LogP contribution in [0.4, 0.5) is 13.6 Å². The summed E-state index contributed by atoms with van der Waals surface area (Å²) in [6, 6.07) is -0.180. The molecule has 1 fully saturated rings. The van der Waals surface area contributed by atoms with E-state index in [4.69, 9.17) is 4.84 Å². The van der Waals surface area contributed by atoms with Gasteiger partial charge in [-0.05, 0) is 33.6 Å². The van der Waals surface area contributed by atoms with Crippen LogP contribution in [0.15, 0.2) is 0 Å². The van der Waals surface area contributed by atoms with Gasteiger partial charge in [-0.3, -0.25) is 0 Å². The SMILES string of the molecule is CC(C)(C)NC(=O)ONC1CCC(F)(F)CC1. The van der Waals surface area contributed by atoms with Gasteiger partial charge in [-0.1, -0.05) is 0 Å². The summed E-state index contributed by atoms with van der Waals surface area (Å²) >= 11 is 0. The summed E-state index contributed by atoms with van der Waals surface area (Å²) < 4.78 is 25.7. The summed E-state index contributed by atoms with van der Waals surface area (Å²) in [6.45, 7) is 5.49. The number of amides is 1. The van der Waals surface area contributed by atoms with E-state index in [0.717, 1.165) is 0 Å². The van der Waals surface area contributed by atoms with E-state index in [2.05, 4.69) is 10.8 Å².